The number of rotatable bonds is 8. The number of esters is 1. The average molecular weight is 432 g/mol. The van der Waals surface area contributed by atoms with Crippen LogP contribution in [0, 0.1) is 0 Å². The predicted octanol–water partition coefficient (Wildman–Crippen LogP) is 2.79. The molecule has 0 fully saturated rings. The van der Waals surface area contributed by atoms with Crippen molar-refractivity contribution >= 4 is 67.8 Å². The Morgan fingerprint density at radius 3 is 2.95 bits per heavy atom. The van der Waals surface area contributed by atoms with Crippen LogP contribution in [-0.4, -0.2) is 53.0 Å². The van der Waals surface area contributed by atoms with Gasteiger partial charge in [0.1, 0.15) is 4.88 Å². The van der Waals surface area contributed by atoms with Crippen molar-refractivity contribution in [2.45, 2.75) is 6.42 Å². The summed E-state index contributed by atoms with van der Waals surface area (Å²) >= 11 is 11.2. The summed E-state index contributed by atoms with van der Waals surface area (Å²) in [5.41, 5.74) is 4.05. The summed E-state index contributed by atoms with van der Waals surface area (Å²) in [6.07, 6.45) is -0.548. The van der Waals surface area contributed by atoms with E-state index in [1.165, 1.54) is 23.5 Å². The van der Waals surface area contributed by atoms with Crippen molar-refractivity contribution in [3.05, 3.63) is 20.3 Å². The number of hydrazine groups is 1. The highest BCUT2D eigenvalue weighted by atomic mass is 79.9. The largest absolute Gasteiger partial charge is 0.465 e. The van der Waals surface area contributed by atoms with Crippen molar-refractivity contribution in [3.63, 3.8) is 0 Å². The molecule has 0 saturated carbocycles. The molecule has 22 heavy (non-hydrogen) atoms. The number of amides is 1. The van der Waals surface area contributed by atoms with E-state index < -0.39 is 6.09 Å². The molecule has 124 valence electrons. The normalized spacial score (nSPS) is 11.5. The molecule has 1 heterocycles. The zero-order chi connectivity index (χ0) is 16.5. The minimum Gasteiger partial charge on any atom is -0.465 e. The topological polar surface area (TPSA) is 78.9 Å². The SMILES string of the molecule is COC(=O)c1cc(Br)c(CCN(C=[SH]CCCl)NC(=O)O)s1. The quantitative estimate of drug-likeness (QED) is 0.194. The number of alkyl halides is 1. The van der Waals surface area contributed by atoms with Crippen LogP contribution in [0.15, 0.2) is 10.5 Å². The molecule has 6 nitrogen and oxygen atoms in total. The highest BCUT2D eigenvalue weighted by Crippen LogP contribution is 2.28. The lowest BCUT2D eigenvalue weighted by atomic mass is 10.3. The standard InChI is InChI=1S/C12H16BrClN2O4S2/c1-20-11(17)10-6-8(13)9(22-10)2-4-16(15-12(18)19)7-21-5-3-14/h6-7,15,21H,2-5H2,1H3,(H,18,19). The summed E-state index contributed by atoms with van der Waals surface area (Å²) in [6, 6.07) is 1.70. The Hall–Kier alpha value is -0.610. The second kappa shape index (κ2) is 10.2. The Morgan fingerprint density at radius 1 is 1.64 bits per heavy atom. The van der Waals surface area contributed by atoms with Crippen LogP contribution in [0.3, 0.4) is 0 Å². The summed E-state index contributed by atoms with van der Waals surface area (Å²) in [7, 11) is 1.33. The maximum Gasteiger partial charge on any atom is 0.419 e. The number of halogens is 2. The molecular weight excluding hydrogens is 416 g/mol. The third-order valence-corrected chi connectivity index (χ3v) is 5.92. The molecule has 0 aliphatic carbocycles. The van der Waals surface area contributed by atoms with Crippen molar-refractivity contribution in [1.82, 2.24) is 10.4 Å². The molecule has 10 heteroatoms. The number of carbonyl (C=O) groups excluding carboxylic acids is 1. The first-order valence-electron chi connectivity index (χ1n) is 6.16. The number of ether oxygens (including phenoxy) is 1. The van der Waals surface area contributed by atoms with E-state index in [2.05, 4.69) is 26.1 Å². The van der Waals surface area contributed by atoms with Crippen LogP contribution in [-0.2, 0) is 11.2 Å². The number of nitrogens with zero attached hydrogens (tertiary/aromatic N) is 1. The maximum absolute atomic E-state index is 11.5. The van der Waals surface area contributed by atoms with Crippen LogP contribution in [0.1, 0.15) is 14.5 Å². The van der Waals surface area contributed by atoms with Crippen molar-refractivity contribution < 1.29 is 19.4 Å². The van der Waals surface area contributed by atoms with Gasteiger partial charge in [-0.1, -0.05) is 0 Å². The third-order valence-electron chi connectivity index (χ3n) is 2.40. The lowest BCUT2D eigenvalue weighted by Gasteiger charge is -2.16. The smallest absolute Gasteiger partial charge is 0.419 e. The molecule has 0 aromatic carbocycles. The zero-order valence-corrected chi connectivity index (χ0v) is 15.8. The average Bonchev–Trinajstić information content (AvgIpc) is 2.84. The highest BCUT2D eigenvalue weighted by molar-refractivity contribution is 9.10. The third kappa shape index (κ3) is 6.66. The van der Waals surface area contributed by atoms with Gasteiger partial charge in [-0.2, -0.15) is 16.4 Å². The Labute approximate surface area is 149 Å². The van der Waals surface area contributed by atoms with E-state index in [0.29, 0.717) is 23.7 Å². The molecule has 0 unspecified atom stereocenters. The second-order valence-corrected chi connectivity index (χ2v) is 7.36. The molecule has 0 aliphatic heterocycles. The van der Waals surface area contributed by atoms with E-state index in [9.17, 15) is 9.59 Å². The van der Waals surface area contributed by atoms with Crippen molar-refractivity contribution in [2.75, 3.05) is 25.3 Å². The molecule has 2 N–H and O–H groups in total. The van der Waals surface area contributed by atoms with Gasteiger partial charge in [-0.15, -0.1) is 22.9 Å². The molecule has 0 atom stereocenters. The molecule has 0 aliphatic rings. The van der Waals surface area contributed by atoms with Crippen LogP contribution >= 0.6 is 50.2 Å². The number of methoxy groups -OCH3 is 1. The fraction of sp³-hybridized carbons (Fsp3) is 0.417. The number of carboxylic acid groups (broad SMARTS) is 1. The van der Waals surface area contributed by atoms with E-state index >= 15 is 0 Å². The monoisotopic (exact) mass is 430 g/mol. The molecule has 1 aromatic heterocycles. The van der Waals surface area contributed by atoms with Gasteiger partial charge in [-0.3, -0.25) is 0 Å². The Kier molecular flexibility index (Phi) is 9.03. The maximum atomic E-state index is 11.5. The minimum absolute atomic E-state index is 0.385. The summed E-state index contributed by atoms with van der Waals surface area (Å²) in [4.78, 5) is 23.7. The van der Waals surface area contributed by atoms with Gasteiger partial charge in [-0.05, 0) is 28.4 Å². The van der Waals surface area contributed by atoms with E-state index in [-0.39, 0.29) is 5.97 Å². The first-order chi connectivity index (χ1) is 10.5. The van der Waals surface area contributed by atoms with Gasteiger partial charge in [0, 0.05) is 33.0 Å². The number of nitrogens with one attached hydrogen (secondary N) is 1. The first-order valence-corrected chi connectivity index (χ1v) is 9.45. The number of thiophene rings is 1. The van der Waals surface area contributed by atoms with Gasteiger partial charge in [-0.25, -0.2) is 15.0 Å². The highest BCUT2D eigenvalue weighted by Gasteiger charge is 2.14. The molecule has 1 amide bonds. The van der Waals surface area contributed by atoms with Crippen molar-refractivity contribution in [3.8, 4) is 0 Å². The van der Waals surface area contributed by atoms with Gasteiger partial charge in [0.05, 0.1) is 7.11 Å². The lowest BCUT2D eigenvalue weighted by Crippen LogP contribution is -2.41. The van der Waals surface area contributed by atoms with Gasteiger partial charge in [0.25, 0.3) is 0 Å². The van der Waals surface area contributed by atoms with Crippen molar-refractivity contribution in [1.29, 1.82) is 0 Å². The summed E-state index contributed by atoms with van der Waals surface area (Å²) in [6.45, 7) is 0.446. The molecule has 0 radical (unpaired) electrons. The second-order valence-electron chi connectivity index (χ2n) is 3.94. The Balaban J connectivity index is 2.69. The van der Waals surface area contributed by atoms with Crippen LogP contribution in [0.4, 0.5) is 4.79 Å². The van der Waals surface area contributed by atoms with Gasteiger partial charge >= 0.3 is 12.1 Å². The van der Waals surface area contributed by atoms with Crippen LogP contribution in [0.5, 0.6) is 0 Å². The molecule has 1 aromatic rings. The Bertz CT molecular complexity index is 553. The minimum atomic E-state index is -1.13. The lowest BCUT2D eigenvalue weighted by molar-refractivity contribution is 0.0606. The van der Waals surface area contributed by atoms with E-state index in [4.69, 9.17) is 16.7 Å². The van der Waals surface area contributed by atoms with E-state index in [1.54, 1.807) is 11.6 Å². The summed E-state index contributed by atoms with van der Waals surface area (Å²) in [5, 5.41) is 10.3. The molecule has 1 rings (SSSR count). The number of carbonyl (C=O) groups is 2. The van der Waals surface area contributed by atoms with Crippen LogP contribution in [0.25, 0.3) is 0 Å². The van der Waals surface area contributed by atoms with Crippen LogP contribution < -0.4 is 5.43 Å². The summed E-state index contributed by atoms with van der Waals surface area (Å²) in [5.74, 6) is 0.872. The van der Waals surface area contributed by atoms with E-state index in [1.807, 2.05) is 0 Å². The molecule has 0 bridgehead atoms. The number of hydrogen-bond acceptors (Lipinski definition) is 4. The molecule has 0 spiro atoms. The molecule has 0 saturated heterocycles. The van der Waals surface area contributed by atoms with Crippen LogP contribution in [0.2, 0.25) is 0 Å². The van der Waals surface area contributed by atoms with Gasteiger partial charge < -0.3 is 9.84 Å². The fourth-order valence-corrected chi connectivity index (χ4v) is 4.13. The molecular formula is C12H16BrClN2O4S2. The van der Waals surface area contributed by atoms with E-state index in [0.717, 1.165) is 26.5 Å². The Morgan fingerprint density at radius 2 is 2.36 bits per heavy atom. The number of hydrogen-bond donors (Lipinski definition) is 3. The van der Waals surface area contributed by atoms with Crippen molar-refractivity contribution in [2.24, 2.45) is 0 Å². The first kappa shape index (κ1) is 19.4. The van der Waals surface area contributed by atoms with Gasteiger partial charge in [0.2, 0.25) is 0 Å². The van der Waals surface area contributed by atoms with Gasteiger partial charge in [0.15, 0.2) is 0 Å². The summed E-state index contributed by atoms with van der Waals surface area (Å²) < 4.78 is 5.49. The predicted molar refractivity (Wildman–Crippen MR) is 95.6 cm³/mol. The number of thiol groups is 1. The fourth-order valence-electron chi connectivity index (χ4n) is 1.47. The zero-order valence-electron chi connectivity index (χ0n) is 11.7.